The second-order valence-electron chi connectivity index (χ2n) is 5.68. The molecule has 1 atom stereocenters. The molecule has 0 fully saturated rings. The van der Waals surface area contributed by atoms with Gasteiger partial charge in [0.1, 0.15) is 5.75 Å². The standard InChI is InChI=1S/C16H19NO5/c1-7(2)17-9(4)13(16(21)22)14-10(17)5-6-11(18)12(14)8(3)15(19)20/h5-8,18H,1-4H3,(H,19,20)(H,21,22). The van der Waals surface area contributed by atoms with Crippen LogP contribution in [-0.2, 0) is 4.79 Å². The van der Waals surface area contributed by atoms with Gasteiger partial charge in [0, 0.05) is 28.2 Å². The number of fused-ring (bicyclic) bond motifs is 1. The maximum absolute atomic E-state index is 11.7. The number of carbonyl (C=O) groups is 2. The Morgan fingerprint density at radius 2 is 1.73 bits per heavy atom. The smallest absolute Gasteiger partial charge is 0.338 e. The lowest BCUT2D eigenvalue weighted by Crippen LogP contribution is -2.09. The number of hydrogen-bond donors (Lipinski definition) is 3. The van der Waals surface area contributed by atoms with Crippen LogP contribution in [0.5, 0.6) is 5.75 Å². The zero-order valence-electron chi connectivity index (χ0n) is 12.9. The molecule has 0 aliphatic heterocycles. The maximum atomic E-state index is 11.7. The Morgan fingerprint density at radius 3 is 2.18 bits per heavy atom. The third kappa shape index (κ3) is 2.20. The number of aromatic carboxylic acids is 1. The summed E-state index contributed by atoms with van der Waals surface area (Å²) < 4.78 is 1.84. The van der Waals surface area contributed by atoms with Gasteiger partial charge < -0.3 is 19.9 Å². The normalized spacial score (nSPS) is 12.8. The van der Waals surface area contributed by atoms with Gasteiger partial charge in [-0.2, -0.15) is 0 Å². The van der Waals surface area contributed by atoms with Crippen molar-refractivity contribution < 1.29 is 24.9 Å². The summed E-state index contributed by atoms with van der Waals surface area (Å²) in [7, 11) is 0. The molecule has 1 heterocycles. The highest BCUT2D eigenvalue weighted by molar-refractivity contribution is 6.08. The van der Waals surface area contributed by atoms with Crippen molar-refractivity contribution in [3.05, 3.63) is 29.0 Å². The fraction of sp³-hybridized carbons (Fsp3) is 0.375. The van der Waals surface area contributed by atoms with E-state index in [0.29, 0.717) is 16.6 Å². The monoisotopic (exact) mass is 305 g/mol. The minimum absolute atomic E-state index is 0.00753. The lowest BCUT2D eigenvalue weighted by Gasteiger charge is -2.14. The number of aromatic nitrogens is 1. The van der Waals surface area contributed by atoms with Crippen molar-refractivity contribution in [1.29, 1.82) is 0 Å². The highest BCUT2D eigenvalue weighted by atomic mass is 16.4. The summed E-state index contributed by atoms with van der Waals surface area (Å²) in [6.07, 6.45) is 0. The largest absolute Gasteiger partial charge is 0.508 e. The van der Waals surface area contributed by atoms with E-state index in [4.69, 9.17) is 0 Å². The van der Waals surface area contributed by atoms with E-state index in [1.165, 1.54) is 13.0 Å². The molecule has 0 saturated heterocycles. The van der Waals surface area contributed by atoms with Gasteiger partial charge in [-0.1, -0.05) is 0 Å². The number of phenols is 1. The molecule has 0 bridgehead atoms. The summed E-state index contributed by atoms with van der Waals surface area (Å²) in [6.45, 7) is 6.97. The number of carboxylic acids is 2. The lowest BCUT2D eigenvalue weighted by molar-refractivity contribution is -0.138. The molecule has 6 nitrogen and oxygen atoms in total. The van der Waals surface area contributed by atoms with Crippen molar-refractivity contribution >= 4 is 22.8 Å². The van der Waals surface area contributed by atoms with Gasteiger partial charge in [0.25, 0.3) is 0 Å². The predicted molar refractivity (Wildman–Crippen MR) is 81.7 cm³/mol. The van der Waals surface area contributed by atoms with Crippen LogP contribution in [0.1, 0.15) is 54.3 Å². The molecule has 118 valence electrons. The van der Waals surface area contributed by atoms with Gasteiger partial charge >= 0.3 is 11.9 Å². The van der Waals surface area contributed by atoms with Crippen LogP contribution in [0.3, 0.4) is 0 Å². The molecule has 22 heavy (non-hydrogen) atoms. The van der Waals surface area contributed by atoms with Crippen molar-refractivity contribution in [2.45, 2.75) is 39.7 Å². The molecule has 1 unspecified atom stereocenters. The first-order valence-corrected chi connectivity index (χ1v) is 7.00. The van der Waals surface area contributed by atoms with Crippen LogP contribution in [0.2, 0.25) is 0 Å². The second-order valence-corrected chi connectivity index (χ2v) is 5.68. The van der Waals surface area contributed by atoms with E-state index in [1.807, 2.05) is 18.4 Å². The second kappa shape index (κ2) is 5.36. The lowest BCUT2D eigenvalue weighted by atomic mass is 9.94. The Kier molecular flexibility index (Phi) is 3.87. The third-order valence-electron chi connectivity index (χ3n) is 3.97. The molecule has 2 rings (SSSR count). The van der Waals surface area contributed by atoms with Gasteiger partial charge in [-0.05, 0) is 39.8 Å². The summed E-state index contributed by atoms with van der Waals surface area (Å²) in [6, 6.07) is 3.05. The van der Waals surface area contributed by atoms with Crippen LogP contribution >= 0.6 is 0 Å². The zero-order valence-corrected chi connectivity index (χ0v) is 12.9. The van der Waals surface area contributed by atoms with E-state index in [9.17, 15) is 24.9 Å². The van der Waals surface area contributed by atoms with Crippen molar-refractivity contribution in [1.82, 2.24) is 4.57 Å². The van der Waals surface area contributed by atoms with Gasteiger partial charge in [0.15, 0.2) is 0 Å². The molecular weight excluding hydrogens is 286 g/mol. The van der Waals surface area contributed by atoms with Gasteiger partial charge in [0.05, 0.1) is 11.5 Å². The van der Waals surface area contributed by atoms with Crippen LogP contribution in [-0.4, -0.2) is 31.8 Å². The topological polar surface area (TPSA) is 99.8 Å². The number of carboxylic acid groups (broad SMARTS) is 2. The highest BCUT2D eigenvalue weighted by Gasteiger charge is 2.28. The molecule has 0 saturated carbocycles. The Hall–Kier alpha value is -2.50. The Labute approximate surface area is 127 Å². The average Bonchev–Trinajstić information content (AvgIpc) is 2.69. The molecule has 0 radical (unpaired) electrons. The number of rotatable bonds is 4. The molecular formula is C16H19NO5. The van der Waals surface area contributed by atoms with E-state index in [1.54, 1.807) is 13.0 Å². The Balaban J connectivity index is 3.04. The minimum Gasteiger partial charge on any atom is -0.508 e. The fourth-order valence-corrected chi connectivity index (χ4v) is 3.03. The number of phenolic OH excluding ortho intramolecular Hbond substituents is 1. The SMILES string of the molecule is Cc1c(C(=O)O)c2c(C(C)C(=O)O)c(O)ccc2n1C(C)C. The van der Waals surface area contributed by atoms with Crippen molar-refractivity contribution in [3.63, 3.8) is 0 Å². The number of aromatic hydroxyl groups is 1. The van der Waals surface area contributed by atoms with Crippen LogP contribution < -0.4 is 0 Å². The summed E-state index contributed by atoms with van der Waals surface area (Å²) in [5, 5.41) is 29.2. The number of aliphatic carboxylic acids is 1. The van der Waals surface area contributed by atoms with Crippen LogP contribution in [0.4, 0.5) is 0 Å². The molecule has 0 spiro atoms. The van der Waals surface area contributed by atoms with Crippen LogP contribution in [0, 0.1) is 6.92 Å². The fourth-order valence-electron chi connectivity index (χ4n) is 3.03. The minimum atomic E-state index is -1.13. The molecule has 3 N–H and O–H groups in total. The predicted octanol–water partition coefficient (Wildman–Crippen LogP) is 3.12. The molecule has 0 aliphatic rings. The number of benzene rings is 1. The van der Waals surface area contributed by atoms with Gasteiger partial charge in [-0.3, -0.25) is 4.79 Å². The third-order valence-corrected chi connectivity index (χ3v) is 3.97. The summed E-state index contributed by atoms with van der Waals surface area (Å²) in [5.74, 6) is -3.46. The Morgan fingerprint density at radius 1 is 1.14 bits per heavy atom. The molecule has 1 aromatic heterocycles. The van der Waals surface area contributed by atoms with Gasteiger partial charge in [-0.25, -0.2) is 4.79 Å². The van der Waals surface area contributed by atoms with Crippen LogP contribution in [0.25, 0.3) is 10.9 Å². The van der Waals surface area contributed by atoms with Crippen molar-refractivity contribution in [2.24, 2.45) is 0 Å². The number of nitrogens with zero attached hydrogens (tertiary/aromatic N) is 1. The van der Waals surface area contributed by atoms with Crippen LogP contribution in [0.15, 0.2) is 12.1 Å². The van der Waals surface area contributed by atoms with E-state index < -0.39 is 17.9 Å². The van der Waals surface area contributed by atoms with E-state index >= 15 is 0 Å². The molecule has 2 aromatic rings. The highest BCUT2D eigenvalue weighted by Crippen LogP contribution is 2.39. The first-order chi connectivity index (χ1) is 10.2. The zero-order chi connectivity index (χ0) is 16.8. The Bertz CT molecular complexity index is 773. The summed E-state index contributed by atoms with van der Waals surface area (Å²) in [5.41, 5.74) is 1.35. The first-order valence-electron chi connectivity index (χ1n) is 7.00. The molecule has 0 amide bonds. The van der Waals surface area contributed by atoms with Crippen molar-refractivity contribution in [2.75, 3.05) is 0 Å². The molecule has 6 heteroatoms. The van der Waals surface area contributed by atoms with Gasteiger partial charge in [-0.15, -0.1) is 0 Å². The average molecular weight is 305 g/mol. The summed E-state index contributed by atoms with van der Waals surface area (Å²) in [4.78, 5) is 23.0. The summed E-state index contributed by atoms with van der Waals surface area (Å²) >= 11 is 0. The van der Waals surface area contributed by atoms with Gasteiger partial charge in [0.2, 0.25) is 0 Å². The maximum Gasteiger partial charge on any atom is 0.338 e. The molecule has 1 aromatic carbocycles. The number of hydrogen-bond acceptors (Lipinski definition) is 3. The molecule has 0 aliphatic carbocycles. The van der Waals surface area contributed by atoms with E-state index in [-0.39, 0.29) is 22.9 Å². The quantitative estimate of drug-likeness (QED) is 0.806. The van der Waals surface area contributed by atoms with E-state index in [0.717, 1.165) is 0 Å². The van der Waals surface area contributed by atoms with E-state index in [2.05, 4.69) is 0 Å². The van der Waals surface area contributed by atoms with Crippen molar-refractivity contribution in [3.8, 4) is 5.75 Å². The first kappa shape index (κ1) is 15.9.